The fourth-order valence-corrected chi connectivity index (χ4v) is 4.05. The van der Waals surface area contributed by atoms with E-state index in [0.29, 0.717) is 29.6 Å². The van der Waals surface area contributed by atoms with Gasteiger partial charge in [-0.05, 0) is 74.6 Å². The zero-order chi connectivity index (χ0) is 24.1. The van der Waals surface area contributed by atoms with Crippen molar-refractivity contribution in [2.75, 3.05) is 18.9 Å². The molecule has 5 N–H and O–H groups in total. The molecule has 0 aliphatic heterocycles. The van der Waals surface area contributed by atoms with Gasteiger partial charge in [0, 0.05) is 7.05 Å². The van der Waals surface area contributed by atoms with Crippen LogP contribution in [0.15, 0.2) is 42.1 Å². The van der Waals surface area contributed by atoms with Crippen LogP contribution in [0, 0.1) is 13.8 Å². The number of nitrogens with zero attached hydrogens (tertiary/aromatic N) is 6. The van der Waals surface area contributed by atoms with Crippen LogP contribution in [-0.2, 0) is 0 Å². The fourth-order valence-electron chi connectivity index (χ4n) is 4.05. The second kappa shape index (κ2) is 10.5. The summed E-state index contributed by atoms with van der Waals surface area (Å²) in [6.07, 6.45) is 6.19. The van der Waals surface area contributed by atoms with Crippen LogP contribution in [0.5, 0.6) is 5.75 Å². The quantitative estimate of drug-likeness (QED) is 0.340. The summed E-state index contributed by atoms with van der Waals surface area (Å²) < 4.78 is 6.19. The highest BCUT2D eigenvalue weighted by molar-refractivity contribution is 5.64. The van der Waals surface area contributed by atoms with Crippen LogP contribution in [0.4, 0.5) is 5.95 Å². The van der Waals surface area contributed by atoms with Crippen LogP contribution in [0.1, 0.15) is 49.1 Å². The van der Waals surface area contributed by atoms with Crippen LogP contribution in [0.2, 0.25) is 0 Å². The second-order valence-electron chi connectivity index (χ2n) is 8.72. The number of nitrogens with one attached hydrogen (secondary N) is 1. The molecule has 1 aliphatic carbocycles. The number of tetrazole rings is 1. The van der Waals surface area contributed by atoms with Gasteiger partial charge >= 0.3 is 0 Å². The van der Waals surface area contributed by atoms with Crippen molar-refractivity contribution in [3.05, 3.63) is 59.0 Å². The standard InChI is InChI=1S/C24H33N9O/c1-16-8-7-9-18(14-16)33-30-24(29-31-33)27-15-21(32(3)26)23(25)20-12-13-22(17(2)28-20)34-19-10-5-4-6-11-19/h7-9,12-14,19H,4-6,10-11,15,25-26H2,1-3H3,(H,27,30)/b23-21-. The molecule has 0 radical (unpaired) electrons. The summed E-state index contributed by atoms with van der Waals surface area (Å²) in [5, 5.41) is 17.2. The molecule has 1 aromatic carbocycles. The number of aromatic nitrogens is 5. The zero-order valence-electron chi connectivity index (χ0n) is 20.0. The van der Waals surface area contributed by atoms with E-state index in [4.69, 9.17) is 16.3 Å². The minimum absolute atomic E-state index is 0.267. The Morgan fingerprint density at radius 3 is 2.68 bits per heavy atom. The molecular formula is C24H33N9O. The van der Waals surface area contributed by atoms with Gasteiger partial charge < -0.3 is 20.8 Å². The lowest BCUT2D eigenvalue weighted by atomic mass is 9.98. The molecule has 1 fully saturated rings. The Hall–Kier alpha value is -3.66. The molecule has 0 unspecified atom stereocenters. The Bertz CT molecular complexity index is 1150. The average Bonchev–Trinajstić information content (AvgIpc) is 3.30. The van der Waals surface area contributed by atoms with Crippen molar-refractivity contribution in [2.24, 2.45) is 11.6 Å². The van der Waals surface area contributed by atoms with Gasteiger partial charge in [-0.25, -0.2) is 10.8 Å². The first-order chi connectivity index (χ1) is 16.4. The van der Waals surface area contributed by atoms with Gasteiger partial charge in [0.25, 0.3) is 5.95 Å². The van der Waals surface area contributed by atoms with Crippen molar-refractivity contribution in [3.63, 3.8) is 0 Å². The van der Waals surface area contributed by atoms with Gasteiger partial charge in [0.15, 0.2) is 0 Å². The average molecular weight is 464 g/mol. The number of nitrogens with two attached hydrogens (primary N) is 2. The number of benzene rings is 1. The van der Waals surface area contributed by atoms with Crippen molar-refractivity contribution in [1.82, 2.24) is 30.2 Å². The van der Waals surface area contributed by atoms with Gasteiger partial charge in [0.2, 0.25) is 0 Å². The predicted molar refractivity (Wildman–Crippen MR) is 132 cm³/mol. The Morgan fingerprint density at radius 1 is 1.18 bits per heavy atom. The molecule has 2 heterocycles. The van der Waals surface area contributed by atoms with E-state index in [1.54, 1.807) is 7.05 Å². The second-order valence-corrected chi connectivity index (χ2v) is 8.72. The van der Waals surface area contributed by atoms with E-state index >= 15 is 0 Å². The molecule has 0 amide bonds. The van der Waals surface area contributed by atoms with Gasteiger partial charge in [-0.3, -0.25) is 0 Å². The van der Waals surface area contributed by atoms with E-state index in [-0.39, 0.29) is 6.10 Å². The Balaban J connectivity index is 1.47. The van der Waals surface area contributed by atoms with Crippen molar-refractivity contribution in [2.45, 2.75) is 52.1 Å². The smallest absolute Gasteiger partial charge is 0.264 e. The van der Waals surface area contributed by atoms with Gasteiger partial charge in [-0.15, -0.1) is 9.90 Å². The maximum atomic E-state index is 6.47. The number of hydrazine groups is 1. The number of hydrogen-bond donors (Lipinski definition) is 3. The Labute approximate surface area is 200 Å². The molecule has 4 rings (SSSR count). The number of likely N-dealkylation sites (N-methyl/N-ethyl adjacent to an activating group) is 1. The number of aryl methyl sites for hydroxylation is 2. The topological polar surface area (TPSA) is 133 Å². The number of pyridine rings is 1. The zero-order valence-corrected chi connectivity index (χ0v) is 20.0. The summed E-state index contributed by atoms with van der Waals surface area (Å²) in [5.41, 5.74) is 11.0. The summed E-state index contributed by atoms with van der Waals surface area (Å²) in [6, 6.07) is 11.7. The van der Waals surface area contributed by atoms with Crippen LogP contribution >= 0.6 is 0 Å². The predicted octanol–water partition coefficient (Wildman–Crippen LogP) is 2.93. The fraction of sp³-hybridized carbons (Fsp3) is 0.417. The van der Waals surface area contributed by atoms with Gasteiger partial charge in [0.1, 0.15) is 5.75 Å². The molecule has 0 saturated heterocycles. The van der Waals surface area contributed by atoms with Gasteiger partial charge in [-0.1, -0.05) is 23.7 Å². The summed E-state index contributed by atoms with van der Waals surface area (Å²) in [5.74, 6) is 7.26. The van der Waals surface area contributed by atoms with Crippen molar-refractivity contribution in [3.8, 4) is 11.4 Å². The van der Waals surface area contributed by atoms with Crippen molar-refractivity contribution < 1.29 is 4.74 Å². The van der Waals surface area contributed by atoms with Crippen LogP contribution in [-0.4, -0.2) is 49.9 Å². The molecule has 0 spiro atoms. The Morgan fingerprint density at radius 2 is 1.97 bits per heavy atom. The number of rotatable bonds is 8. The first-order valence-electron chi connectivity index (χ1n) is 11.6. The minimum atomic E-state index is 0.267. The highest BCUT2D eigenvalue weighted by Crippen LogP contribution is 2.26. The molecule has 34 heavy (non-hydrogen) atoms. The molecule has 0 bridgehead atoms. The lowest BCUT2D eigenvalue weighted by Gasteiger charge is -2.24. The van der Waals surface area contributed by atoms with Crippen molar-refractivity contribution in [1.29, 1.82) is 0 Å². The van der Waals surface area contributed by atoms with Gasteiger partial charge in [0.05, 0.1) is 41.1 Å². The SMILES string of the molecule is Cc1cccc(-n2nnc(NC/C(=C(/N)c3ccc(OC4CCCCC4)c(C)n3)N(C)N)n2)c1. The lowest BCUT2D eigenvalue weighted by Crippen LogP contribution is -2.32. The molecule has 2 aromatic heterocycles. The van der Waals surface area contributed by atoms with Crippen molar-refractivity contribution >= 4 is 11.6 Å². The van der Waals surface area contributed by atoms with E-state index in [1.165, 1.54) is 29.1 Å². The summed E-state index contributed by atoms with van der Waals surface area (Å²) in [6.45, 7) is 4.26. The molecule has 1 aliphatic rings. The van der Waals surface area contributed by atoms with E-state index < -0.39 is 0 Å². The number of hydrogen-bond acceptors (Lipinski definition) is 9. The molecule has 1 saturated carbocycles. The van der Waals surface area contributed by atoms with Crippen LogP contribution in [0.25, 0.3) is 11.4 Å². The maximum absolute atomic E-state index is 6.47. The highest BCUT2D eigenvalue weighted by atomic mass is 16.5. The third kappa shape index (κ3) is 5.63. The van der Waals surface area contributed by atoms with E-state index in [1.807, 2.05) is 50.2 Å². The lowest BCUT2D eigenvalue weighted by molar-refractivity contribution is 0.153. The molecular weight excluding hydrogens is 430 g/mol. The van der Waals surface area contributed by atoms with E-state index in [9.17, 15) is 0 Å². The summed E-state index contributed by atoms with van der Waals surface area (Å²) in [7, 11) is 1.73. The Kier molecular flexibility index (Phi) is 7.27. The first-order valence-corrected chi connectivity index (χ1v) is 11.6. The van der Waals surface area contributed by atoms with Gasteiger partial charge in [-0.2, -0.15) is 0 Å². The molecule has 3 aromatic rings. The molecule has 0 atom stereocenters. The minimum Gasteiger partial charge on any atom is -0.489 e. The molecule has 180 valence electrons. The number of ether oxygens (including phenoxy) is 1. The first kappa shape index (κ1) is 23.5. The number of anilines is 1. The highest BCUT2D eigenvalue weighted by Gasteiger charge is 2.18. The van der Waals surface area contributed by atoms with E-state index in [0.717, 1.165) is 35.5 Å². The third-order valence-electron chi connectivity index (χ3n) is 5.96. The summed E-state index contributed by atoms with van der Waals surface area (Å²) >= 11 is 0. The monoisotopic (exact) mass is 463 g/mol. The maximum Gasteiger partial charge on any atom is 0.264 e. The third-order valence-corrected chi connectivity index (χ3v) is 5.96. The summed E-state index contributed by atoms with van der Waals surface area (Å²) in [4.78, 5) is 6.16. The van der Waals surface area contributed by atoms with Crippen LogP contribution in [0.3, 0.4) is 0 Å². The molecule has 10 heteroatoms. The van der Waals surface area contributed by atoms with E-state index in [2.05, 4.69) is 25.7 Å². The normalized spacial score (nSPS) is 15.1. The molecule has 10 nitrogen and oxygen atoms in total. The largest absolute Gasteiger partial charge is 0.489 e. The van der Waals surface area contributed by atoms with Crippen LogP contribution < -0.4 is 21.6 Å².